The van der Waals surface area contributed by atoms with Crippen LogP contribution in [-0.4, -0.2) is 68.0 Å². The zero-order chi connectivity index (χ0) is 21.5. The smallest absolute Gasteiger partial charge is 0.220 e. The standard InChI is InChI=1S/C24H39N5O.HI/c1-18(2)22(29-14-11-20-7-5-6-8-21(20)17-29)16-27-24(26-4)28-12-9-19(10-13-28)15-23(30)25-3;/h5-8,18-19,22H,9-17H2,1-4H3,(H,25,30)(H,26,27);1H. The molecule has 0 spiro atoms. The van der Waals surface area contributed by atoms with Crippen LogP contribution in [0.5, 0.6) is 0 Å². The van der Waals surface area contributed by atoms with Crippen molar-refractivity contribution in [2.75, 3.05) is 40.3 Å². The number of likely N-dealkylation sites (tertiary alicyclic amines) is 1. The van der Waals surface area contributed by atoms with E-state index in [4.69, 9.17) is 0 Å². The Morgan fingerprint density at radius 2 is 1.84 bits per heavy atom. The van der Waals surface area contributed by atoms with Crippen LogP contribution in [0.3, 0.4) is 0 Å². The Hall–Kier alpha value is -1.35. The lowest BCUT2D eigenvalue weighted by Crippen LogP contribution is -2.52. The predicted molar refractivity (Wildman–Crippen MR) is 139 cm³/mol. The molecule has 0 radical (unpaired) electrons. The molecule has 1 amide bonds. The first-order valence-corrected chi connectivity index (χ1v) is 11.5. The molecule has 1 atom stereocenters. The number of benzene rings is 1. The summed E-state index contributed by atoms with van der Waals surface area (Å²) >= 11 is 0. The van der Waals surface area contributed by atoms with Gasteiger partial charge < -0.3 is 15.5 Å². The highest BCUT2D eigenvalue weighted by atomic mass is 127. The highest BCUT2D eigenvalue weighted by Gasteiger charge is 2.27. The van der Waals surface area contributed by atoms with Crippen molar-refractivity contribution in [3.63, 3.8) is 0 Å². The largest absolute Gasteiger partial charge is 0.359 e. The molecule has 2 aliphatic rings. The average molecular weight is 542 g/mol. The van der Waals surface area contributed by atoms with Gasteiger partial charge >= 0.3 is 0 Å². The second-order valence-corrected chi connectivity index (χ2v) is 9.04. The number of rotatable bonds is 6. The van der Waals surface area contributed by atoms with E-state index in [1.54, 1.807) is 7.05 Å². The zero-order valence-corrected chi connectivity index (χ0v) is 21.9. The second-order valence-electron chi connectivity index (χ2n) is 9.04. The first-order valence-electron chi connectivity index (χ1n) is 11.5. The number of aliphatic imine (C=N–C) groups is 1. The van der Waals surface area contributed by atoms with Crippen molar-refractivity contribution in [2.24, 2.45) is 16.8 Å². The molecule has 2 N–H and O–H groups in total. The van der Waals surface area contributed by atoms with Crippen molar-refractivity contribution >= 4 is 35.8 Å². The van der Waals surface area contributed by atoms with Crippen LogP contribution in [0, 0.1) is 11.8 Å². The summed E-state index contributed by atoms with van der Waals surface area (Å²) in [5.41, 5.74) is 2.97. The quantitative estimate of drug-likeness (QED) is 0.330. The molecule has 0 saturated carbocycles. The molecule has 174 valence electrons. The van der Waals surface area contributed by atoms with Gasteiger partial charge in [-0.15, -0.1) is 24.0 Å². The van der Waals surface area contributed by atoms with Gasteiger partial charge in [0.15, 0.2) is 5.96 Å². The van der Waals surface area contributed by atoms with Crippen LogP contribution in [0.4, 0.5) is 0 Å². The number of nitrogens with one attached hydrogen (secondary N) is 2. The van der Waals surface area contributed by atoms with E-state index in [0.29, 0.717) is 24.3 Å². The van der Waals surface area contributed by atoms with Crippen molar-refractivity contribution < 1.29 is 4.79 Å². The van der Waals surface area contributed by atoms with Gasteiger partial charge in [-0.25, -0.2) is 0 Å². The van der Waals surface area contributed by atoms with E-state index in [1.165, 1.54) is 11.1 Å². The maximum Gasteiger partial charge on any atom is 0.220 e. The summed E-state index contributed by atoms with van der Waals surface area (Å²) < 4.78 is 0. The summed E-state index contributed by atoms with van der Waals surface area (Å²) in [6.45, 7) is 9.62. The molecular formula is C24H40IN5O. The highest BCUT2D eigenvalue weighted by Crippen LogP contribution is 2.23. The van der Waals surface area contributed by atoms with Crippen LogP contribution in [0.15, 0.2) is 29.3 Å². The number of halogens is 1. The number of guanidine groups is 1. The fourth-order valence-electron chi connectivity index (χ4n) is 4.83. The van der Waals surface area contributed by atoms with E-state index in [9.17, 15) is 4.79 Å². The van der Waals surface area contributed by atoms with Crippen molar-refractivity contribution in [3.8, 4) is 0 Å². The van der Waals surface area contributed by atoms with Gasteiger partial charge in [-0.1, -0.05) is 38.1 Å². The van der Waals surface area contributed by atoms with Crippen molar-refractivity contribution in [1.82, 2.24) is 20.4 Å². The molecule has 31 heavy (non-hydrogen) atoms. The van der Waals surface area contributed by atoms with E-state index >= 15 is 0 Å². The molecule has 6 nitrogen and oxygen atoms in total. The molecule has 1 aromatic carbocycles. The number of hydrogen-bond acceptors (Lipinski definition) is 3. The third-order valence-corrected chi connectivity index (χ3v) is 6.75. The third kappa shape index (κ3) is 7.07. The molecule has 1 aromatic rings. The second kappa shape index (κ2) is 12.6. The molecule has 0 bridgehead atoms. The Morgan fingerprint density at radius 3 is 2.45 bits per heavy atom. The van der Waals surface area contributed by atoms with Gasteiger partial charge in [-0.3, -0.25) is 14.7 Å². The molecule has 0 aliphatic carbocycles. The summed E-state index contributed by atoms with van der Waals surface area (Å²) in [5.74, 6) is 2.20. The summed E-state index contributed by atoms with van der Waals surface area (Å²) in [6.07, 6.45) is 3.87. The minimum absolute atomic E-state index is 0. The Labute approximate surface area is 205 Å². The number of piperidine rings is 1. The Morgan fingerprint density at radius 1 is 1.16 bits per heavy atom. The van der Waals surface area contributed by atoms with Gasteiger partial charge in [0, 0.05) is 59.3 Å². The van der Waals surface area contributed by atoms with Gasteiger partial charge in [0.2, 0.25) is 5.91 Å². The molecule has 1 saturated heterocycles. The monoisotopic (exact) mass is 541 g/mol. The lowest BCUT2D eigenvalue weighted by molar-refractivity contribution is -0.121. The van der Waals surface area contributed by atoms with E-state index in [2.05, 4.69) is 63.5 Å². The minimum Gasteiger partial charge on any atom is -0.359 e. The third-order valence-electron chi connectivity index (χ3n) is 6.75. The van der Waals surface area contributed by atoms with Crippen LogP contribution < -0.4 is 10.6 Å². The maximum atomic E-state index is 11.7. The fraction of sp³-hybridized carbons (Fsp3) is 0.667. The minimum atomic E-state index is 0. The number of carbonyl (C=O) groups excluding carboxylic acids is 1. The number of hydrogen-bond donors (Lipinski definition) is 2. The molecule has 1 fully saturated rings. The molecule has 2 heterocycles. The van der Waals surface area contributed by atoms with Crippen LogP contribution in [0.2, 0.25) is 0 Å². The normalized spacial score (nSPS) is 18.9. The van der Waals surface area contributed by atoms with E-state index < -0.39 is 0 Å². The number of amides is 1. The van der Waals surface area contributed by atoms with Crippen LogP contribution in [-0.2, 0) is 17.8 Å². The molecule has 2 aliphatic heterocycles. The van der Waals surface area contributed by atoms with Crippen LogP contribution in [0.25, 0.3) is 0 Å². The Kier molecular flexibility index (Phi) is 10.6. The van der Waals surface area contributed by atoms with E-state index in [1.807, 2.05) is 7.05 Å². The van der Waals surface area contributed by atoms with Gasteiger partial charge in [0.25, 0.3) is 0 Å². The zero-order valence-electron chi connectivity index (χ0n) is 19.6. The molecular weight excluding hydrogens is 501 g/mol. The molecule has 3 rings (SSSR count). The molecule has 1 unspecified atom stereocenters. The topological polar surface area (TPSA) is 60.0 Å². The Bertz CT molecular complexity index is 730. The maximum absolute atomic E-state index is 11.7. The first-order chi connectivity index (χ1) is 14.5. The van der Waals surface area contributed by atoms with Gasteiger partial charge in [0.05, 0.1) is 0 Å². The summed E-state index contributed by atoms with van der Waals surface area (Å²) in [7, 11) is 3.59. The number of carbonyl (C=O) groups is 1. The Balaban J connectivity index is 0.00000341. The SMILES string of the molecule is CN=C(NCC(C(C)C)N1CCc2ccccc2C1)N1CCC(CC(=O)NC)CC1.I. The highest BCUT2D eigenvalue weighted by molar-refractivity contribution is 14.0. The lowest BCUT2D eigenvalue weighted by Gasteiger charge is -2.39. The number of nitrogens with zero attached hydrogens (tertiary/aromatic N) is 3. The van der Waals surface area contributed by atoms with E-state index in [-0.39, 0.29) is 29.9 Å². The van der Waals surface area contributed by atoms with Crippen LogP contribution in [0.1, 0.15) is 44.2 Å². The van der Waals surface area contributed by atoms with Gasteiger partial charge in [-0.2, -0.15) is 0 Å². The average Bonchev–Trinajstić information content (AvgIpc) is 2.77. The number of fused-ring (bicyclic) bond motifs is 1. The fourth-order valence-corrected chi connectivity index (χ4v) is 4.83. The molecule has 0 aromatic heterocycles. The van der Waals surface area contributed by atoms with Crippen molar-refractivity contribution in [2.45, 2.75) is 52.1 Å². The molecule has 7 heteroatoms. The lowest BCUT2D eigenvalue weighted by atomic mass is 9.93. The predicted octanol–water partition coefficient (Wildman–Crippen LogP) is 3.11. The van der Waals surface area contributed by atoms with Gasteiger partial charge in [-0.05, 0) is 42.2 Å². The van der Waals surface area contributed by atoms with E-state index in [0.717, 1.165) is 57.9 Å². The first kappa shape index (κ1) is 25.9. The van der Waals surface area contributed by atoms with Crippen molar-refractivity contribution in [3.05, 3.63) is 35.4 Å². The summed E-state index contributed by atoms with van der Waals surface area (Å²) in [4.78, 5) is 21.2. The van der Waals surface area contributed by atoms with Crippen molar-refractivity contribution in [1.29, 1.82) is 0 Å². The summed E-state index contributed by atoms with van der Waals surface area (Å²) in [6, 6.07) is 9.32. The summed E-state index contributed by atoms with van der Waals surface area (Å²) in [5, 5.41) is 6.41. The van der Waals surface area contributed by atoms with Gasteiger partial charge in [0.1, 0.15) is 0 Å². The van der Waals surface area contributed by atoms with Crippen LogP contribution >= 0.6 is 24.0 Å².